The number of hydrogen-bond donors (Lipinski definition) is 2. The van der Waals surface area contributed by atoms with Crippen LogP contribution in [0.4, 0.5) is 0 Å². The second kappa shape index (κ2) is 6.07. The summed E-state index contributed by atoms with van der Waals surface area (Å²) in [5, 5.41) is 9.14. The lowest BCUT2D eigenvalue weighted by atomic mass is 9.88. The topological polar surface area (TPSA) is 75.6 Å². The summed E-state index contributed by atoms with van der Waals surface area (Å²) in [6, 6.07) is 5.13. The normalized spacial score (nSPS) is 13.8. The molecular formula is C13H19NO4S2. The molecule has 5 nitrogen and oxygen atoms in total. The summed E-state index contributed by atoms with van der Waals surface area (Å²) < 4.78 is 31.9. The zero-order chi connectivity index (χ0) is 15.6. The first-order chi connectivity index (χ1) is 9.08. The van der Waals surface area contributed by atoms with E-state index in [-0.39, 0.29) is 9.95 Å². The van der Waals surface area contributed by atoms with Crippen molar-refractivity contribution >= 4 is 27.3 Å². The van der Waals surface area contributed by atoms with Crippen molar-refractivity contribution in [2.45, 2.75) is 31.7 Å². The maximum Gasteiger partial charge on any atom is 0.241 e. The smallest absolute Gasteiger partial charge is 0.241 e. The second-order valence-corrected chi connectivity index (χ2v) is 7.57. The van der Waals surface area contributed by atoms with E-state index < -0.39 is 21.5 Å². The Bertz CT molecular complexity index is 573. The standard InChI is InChI=1S/C13H19NO4S2/c1-13(2,3)11(12(15)19)14-20(16,17)10-7-5-9(18-4)6-8-10/h5-8,11,14H,1-4H3,(H,15,19). The van der Waals surface area contributed by atoms with Crippen LogP contribution in [0.3, 0.4) is 0 Å². The van der Waals surface area contributed by atoms with E-state index in [1.54, 1.807) is 32.9 Å². The van der Waals surface area contributed by atoms with Gasteiger partial charge in [-0.3, -0.25) is 0 Å². The SMILES string of the molecule is COc1ccc(S(=O)(=O)NC(C(O)=S)C(C)(C)C)cc1. The maximum atomic E-state index is 12.3. The average Bonchev–Trinajstić information content (AvgIpc) is 2.34. The number of hydrogen-bond acceptors (Lipinski definition) is 4. The Morgan fingerprint density at radius 1 is 1.30 bits per heavy atom. The predicted molar refractivity (Wildman–Crippen MR) is 81.8 cm³/mol. The number of sulfonamides is 1. The first kappa shape index (κ1) is 16.9. The van der Waals surface area contributed by atoms with Crippen LogP contribution in [-0.4, -0.2) is 31.7 Å². The quantitative estimate of drug-likeness (QED) is 0.815. The molecule has 20 heavy (non-hydrogen) atoms. The van der Waals surface area contributed by atoms with Crippen LogP contribution in [0.5, 0.6) is 5.75 Å². The largest absolute Gasteiger partial charge is 0.501 e. The van der Waals surface area contributed by atoms with Gasteiger partial charge < -0.3 is 9.84 Å². The van der Waals surface area contributed by atoms with E-state index in [0.717, 1.165) is 0 Å². The molecule has 0 aliphatic rings. The Hall–Kier alpha value is -1.18. The first-order valence-electron chi connectivity index (χ1n) is 5.97. The zero-order valence-corrected chi connectivity index (χ0v) is 13.5. The average molecular weight is 317 g/mol. The van der Waals surface area contributed by atoms with Crippen LogP contribution >= 0.6 is 12.2 Å². The highest BCUT2D eigenvalue weighted by molar-refractivity contribution is 7.89. The molecule has 112 valence electrons. The summed E-state index contributed by atoms with van der Waals surface area (Å²) in [5.74, 6) is 0.564. The van der Waals surface area contributed by atoms with Crippen molar-refractivity contribution in [1.82, 2.24) is 4.72 Å². The van der Waals surface area contributed by atoms with Gasteiger partial charge in [0.25, 0.3) is 0 Å². The van der Waals surface area contributed by atoms with Crippen LogP contribution in [0.15, 0.2) is 29.2 Å². The van der Waals surface area contributed by atoms with Gasteiger partial charge in [0, 0.05) is 0 Å². The van der Waals surface area contributed by atoms with Gasteiger partial charge in [0.15, 0.2) is 5.05 Å². The van der Waals surface area contributed by atoms with E-state index in [0.29, 0.717) is 5.75 Å². The number of aliphatic hydroxyl groups is 1. The number of aliphatic hydroxyl groups excluding tert-OH is 1. The first-order valence-corrected chi connectivity index (χ1v) is 7.86. The molecular weight excluding hydrogens is 298 g/mol. The minimum atomic E-state index is -3.77. The summed E-state index contributed by atoms with van der Waals surface area (Å²) in [7, 11) is -2.26. The molecule has 0 amide bonds. The number of methoxy groups -OCH3 is 1. The lowest BCUT2D eigenvalue weighted by Crippen LogP contribution is -2.48. The summed E-state index contributed by atoms with van der Waals surface area (Å²) in [6.45, 7) is 5.37. The summed E-state index contributed by atoms with van der Waals surface area (Å²) in [4.78, 5) is 0.0869. The number of ether oxygens (including phenoxy) is 1. The Morgan fingerprint density at radius 2 is 1.80 bits per heavy atom. The third-order valence-electron chi connectivity index (χ3n) is 2.76. The van der Waals surface area contributed by atoms with E-state index in [4.69, 9.17) is 17.0 Å². The molecule has 7 heteroatoms. The lowest BCUT2D eigenvalue weighted by Gasteiger charge is -2.29. The summed E-state index contributed by atoms with van der Waals surface area (Å²) >= 11 is 4.73. The number of nitrogens with one attached hydrogen (secondary N) is 1. The third-order valence-corrected chi connectivity index (χ3v) is 4.43. The van der Waals surface area contributed by atoms with Crippen LogP contribution in [0.2, 0.25) is 0 Å². The third kappa shape index (κ3) is 4.16. The van der Waals surface area contributed by atoms with E-state index in [9.17, 15) is 13.5 Å². The van der Waals surface area contributed by atoms with Crippen molar-refractivity contribution in [1.29, 1.82) is 0 Å². The van der Waals surface area contributed by atoms with Gasteiger partial charge >= 0.3 is 0 Å². The molecule has 0 saturated carbocycles. The van der Waals surface area contributed by atoms with Gasteiger partial charge in [-0.15, -0.1) is 0 Å². The fourth-order valence-electron chi connectivity index (χ4n) is 1.58. The fourth-order valence-corrected chi connectivity index (χ4v) is 3.47. The molecule has 0 spiro atoms. The lowest BCUT2D eigenvalue weighted by molar-refractivity contribution is 0.333. The molecule has 0 fully saturated rings. The highest BCUT2D eigenvalue weighted by Gasteiger charge is 2.32. The molecule has 1 atom stereocenters. The molecule has 1 unspecified atom stereocenters. The molecule has 0 aliphatic heterocycles. The number of benzene rings is 1. The van der Waals surface area contributed by atoms with Crippen LogP contribution in [0.25, 0.3) is 0 Å². The van der Waals surface area contributed by atoms with Gasteiger partial charge in [-0.25, -0.2) is 8.42 Å². The number of thiocarbonyl (C=S) groups is 1. The molecule has 0 radical (unpaired) electrons. The molecule has 0 aromatic heterocycles. The van der Waals surface area contributed by atoms with Gasteiger partial charge in [-0.05, 0) is 41.9 Å². The molecule has 1 aromatic carbocycles. The van der Waals surface area contributed by atoms with Gasteiger partial charge in [0.1, 0.15) is 5.75 Å². The Kier molecular flexibility index (Phi) is 5.12. The molecule has 1 aromatic rings. The van der Waals surface area contributed by atoms with Gasteiger partial charge in [0.05, 0.1) is 18.0 Å². The van der Waals surface area contributed by atoms with E-state index in [1.807, 2.05) is 0 Å². The van der Waals surface area contributed by atoms with Crippen molar-refractivity contribution in [3.63, 3.8) is 0 Å². The van der Waals surface area contributed by atoms with Crippen LogP contribution in [-0.2, 0) is 10.0 Å². The molecule has 0 aliphatic carbocycles. The highest BCUT2D eigenvalue weighted by Crippen LogP contribution is 2.23. The van der Waals surface area contributed by atoms with Gasteiger partial charge in [0.2, 0.25) is 10.0 Å². The molecule has 0 bridgehead atoms. The van der Waals surface area contributed by atoms with E-state index in [2.05, 4.69) is 4.72 Å². The van der Waals surface area contributed by atoms with Crippen molar-refractivity contribution in [3.8, 4) is 5.75 Å². The molecule has 0 heterocycles. The van der Waals surface area contributed by atoms with Crippen LogP contribution in [0.1, 0.15) is 20.8 Å². The maximum absolute atomic E-state index is 12.3. The van der Waals surface area contributed by atoms with Crippen LogP contribution in [0, 0.1) is 5.41 Å². The molecule has 2 N–H and O–H groups in total. The summed E-state index contributed by atoms with van der Waals surface area (Å²) in [5.41, 5.74) is -0.536. The van der Waals surface area contributed by atoms with Crippen LogP contribution < -0.4 is 9.46 Å². The molecule has 1 rings (SSSR count). The zero-order valence-electron chi connectivity index (χ0n) is 11.9. The van der Waals surface area contributed by atoms with Crippen molar-refractivity contribution in [2.75, 3.05) is 7.11 Å². The Morgan fingerprint density at radius 3 is 2.15 bits per heavy atom. The number of rotatable bonds is 5. The predicted octanol–water partition coefficient (Wildman–Crippen LogP) is 2.27. The fraction of sp³-hybridized carbons (Fsp3) is 0.462. The second-order valence-electron chi connectivity index (χ2n) is 5.43. The van der Waals surface area contributed by atoms with Gasteiger partial charge in [-0.2, -0.15) is 4.72 Å². The van der Waals surface area contributed by atoms with Gasteiger partial charge in [-0.1, -0.05) is 20.8 Å². The highest BCUT2D eigenvalue weighted by atomic mass is 32.2. The van der Waals surface area contributed by atoms with Crippen molar-refractivity contribution in [3.05, 3.63) is 24.3 Å². The Labute approximate surface area is 125 Å². The Balaban J connectivity index is 3.06. The minimum absolute atomic E-state index is 0.0869. The van der Waals surface area contributed by atoms with E-state index >= 15 is 0 Å². The monoisotopic (exact) mass is 317 g/mol. The van der Waals surface area contributed by atoms with Crippen molar-refractivity contribution < 1.29 is 18.3 Å². The van der Waals surface area contributed by atoms with Crippen molar-refractivity contribution in [2.24, 2.45) is 5.41 Å². The minimum Gasteiger partial charge on any atom is -0.501 e. The van der Waals surface area contributed by atoms with E-state index in [1.165, 1.54) is 19.2 Å². The summed E-state index contributed by atoms with van der Waals surface area (Å²) in [6.07, 6.45) is 0. The molecule has 0 saturated heterocycles.